The third-order valence-electron chi connectivity index (χ3n) is 5.06. The molecule has 0 aliphatic carbocycles. The van der Waals surface area contributed by atoms with Gasteiger partial charge in [-0.1, -0.05) is 24.3 Å². The molecule has 0 heterocycles. The zero-order valence-corrected chi connectivity index (χ0v) is 17.0. The quantitative estimate of drug-likeness (QED) is 0.398. The molecule has 0 aliphatic rings. The van der Waals surface area contributed by atoms with E-state index in [9.17, 15) is 0 Å². The molecular formula is C26H25N3O. The van der Waals surface area contributed by atoms with Crippen molar-refractivity contribution in [2.24, 2.45) is 0 Å². The minimum atomic E-state index is 0.742. The van der Waals surface area contributed by atoms with Gasteiger partial charge < -0.3 is 21.1 Å². The monoisotopic (exact) mass is 395 g/mol. The first kappa shape index (κ1) is 19.4. The molecule has 0 aromatic heterocycles. The second-order valence-corrected chi connectivity index (χ2v) is 7.21. The summed E-state index contributed by atoms with van der Waals surface area (Å²) in [6, 6.07) is 32.6. The molecule has 0 radical (unpaired) electrons. The molecule has 4 aromatic carbocycles. The van der Waals surface area contributed by atoms with E-state index in [-0.39, 0.29) is 0 Å². The van der Waals surface area contributed by atoms with Gasteiger partial charge in [0.1, 0.15) is 5.75 Å². The fourth-order valence-electron chi connectivity index (χ4n) is 3.44. The number of hydrogen-bond acceptors (Lipinski definition) is 4. The molecule has 4 heteroatoms. The number of nitrogens with two attached hydrogens (primary N) is 2. The number of nitrogens with zero attached hydrogens (tertiary/aromatic N) is 1. The molecule has 0 amide bonds. The Balaban J connectivity index is 1.63. The lowest BCUT2D eigenvalue weighted by molar-refractivity contribution is 0.414. The van der Waals surface area contributed by atoms with Crippen LogP contribution in [0.25, 0.3) is 0 Å². The number of benzene rings is 4. The van der Waals surface area contributed by atoms with Crippen LogP contribution in [-0.4, -0.2) is 7.11 Å². The second-order valence-electron chi connectivity index (χ2n) is 7.21. The number of hydrogen-bond donors (Lipinski definition) is 2. The summed E-state index contributed by atoms with van der Waals surface area (Å²) in [6.07, 6.45) is 0.869. The van der Waals surface area contributed by atoms with Crippen LogP contribution in [0.2, 0.25) is 0 Å². The van der Waals surface area contributed by atoms with Gasteiger partial charge in [-0.3, -0.25) is 0 Å². The Hall–Kier alpha value is -3.92. The molecule has 0 saturated carbocycles. The number of rotatable bonds is 6. The van der Waals surface area contributed by atoms with Crippen molar-refractivity contribution in [3.8, 4) is 5.75 Å². The van der Waals surface area contributed by atoms with Gasteiger partial charge in [0.2, 0.25) is 0 Å². The van der Waals surface area contributed by atoms with E-state index in [4.69, 9.17) is 16.2 Å². The summed E-state index contributed by atoms with van der Waals surface area (Å²) in [7, 11) is 1.68. The van der Waals surface area contributed by atoms with Crippen molar-refractivity contribution in [3.63, 3.8) is 0 Å². The maximum absolute atomic E-state index is 5.89. The largest absolute Gasteiger partial charge is 0.497 e. The van der Waals surface area contributed by atoms with Crippen LogP contribution in [-0.2, 0) is 6.42 Å². The van der Waals surface area contributed by atoms with E-state index in [1.807, 2.05) is 60.7 Å². The SMILES string of the molecule is COc1ccc(Cc2ccc(N(c3ccc(N)cc3)c3ccc(N)cc3)cc2)cc1. The van der Waals surface area contributed by atoms with E-state index in [1.165, 1.54) is 11.1 Å². The molecule has 0 atom stereocenters. The van der Waals surface area contributed by atoms with Crippen LogP contribution in [0.5, 0.6) is 5.75 Å². The molecular weight excluding hydrogens is 370 g/mol. The van der Waals surface area contributed by atoms with Crippen LogP contribution in [0.4, 0.5) is 28.4 Å². The lowest BCUT2D eigenvalue weighted by atomic mass is 10.0. The molecule has 0 fully saturated rings. The zero-order valence-electron chi connectivity index (χ0n) is 17.0. The van der Waals surface area contributed by atoms with E-state index in [0.29, 0.717) is 0 Å². The fraction of sp³-hybridized carbons (Fsp3) is 0.0769. The van der Waals surface area contributed by atoms with Gasteiger partial charge in [-0.05, 0) is 90.3 Å². The molecule has 0 bridgehead atoms. The molecule has 30 heavy (non-hydrogen) atoms. The van der Waals surface area contributed by atoms with Crippen molar-refractivity contribution < 1.29 is 4.74 Å². The molecule has 150 valence electrons. The van der Waals surface area contributed by atoms with Crippen LogP contribution in [0, 0.1) is 0 Å². The second kappa shape index (κ2) is 8.62. The molecule has 0 unspecified atom stereocenters. The predicted octanol–water partition coefficient (Wildman–Crippen LogP) is 5.92. The van der Waals surface area contributed by atoms with Crippen molar-refractivity contribution in [2.45, 2.75) is 6.42 Å². The van der Waals surface area contributed by atoms with Crippen LogP contribution in [0.3, 0.4) is 0 Å². The van der Waals surface area contributed by atoms with Gasteiger partial charge in [0.05, 0.1) is 7.11 Å². The lowest BCUT2D eigenvalue weighted by Crippen LogP contribution is -2.10. The molecule has 0 spiro atoms. The van der Waals surface area contributed by atoms with Crippen LogP contribution in [0.15, 0.2) is 97.1 Å². The van der Waals surface area contributed by atoms with Gasteiger partial charge in [-0.2, -0.15) is 0 Å². The van der Waals surface area contributed by atoms with Gasteiger partial charge in [0.25, 0.3) is 0 Å². The Morgan fingerprint density at radius 1 is 0.567 bits per heavy atom. The first-order valence-electron chi connectivity index (χ1n) is 9.85. The molecule has 4 N–H and O–H groups in total. The standard InChI is InChI=1S/C26H25N3O/c1-30-26-16-4-20(5-17-26)18-19-2-10-23(11-3-19)29(24-12-6-21(27)7-13-24)25-14-8-22(28)9-15-25/h2-17H,18,27-28H2,1H3. The topological polar surface area (TPSA) is 64.5 Å². The van der Waals surface area contributed by atoms with Crippen LogP contribution in [0.1, 0.15) is 11.1 Å². The van der Waals surface area contributed by atoms with E-state index < -0.39 is 0 Å². The summed E-state index contributed by atoms with van der Waals surface area (Å²) in [4.78, 5) is 2.19. The minimum Gasteiger partial charge on any atom is -0.497 e. The summed E-state index contributed by atoms with van der Waals surface area (Å²) < 4.78 is 5.24. The first-order valence-corrected chi connectivity index (χ1v) is 9.85. The first-order chi connectivity index (χ1) is 14.6. The summed E-state index contributed by atoms with van der Waals surface area (Å²) in [5, 5.41) is 0. The minimum absolute atomic E-state index is 0.742. The average Bonchev–Trinajstić information content (AvgIpc) is 2.78. The van der Waals surface area contributed by atoms with E-state index in [0.717, 1.165) is 40.6 Å². The summed E-state index contributed by atoms with van der Waals surface area (Å²) >= 11 is 0. The van der Waals surface area contributed by atoms with Gasteiger partial charge >= 0.3 is 0 Å². The van der Waals surface area contributed by atoms with Crippen LogP contribution >= 0.6 is 0 Å². The van der Waals surface area contributed by atoms with Crippen LogP contribution < -0.4 is 21.1 Å². The lowest BCUT2D eigenvalue weighted by Gasteiger charge is -2.26. The number of nitrogen functional groups attached to an aromatic ring is 2. The van der Waals surface area contributed by atoms with Crippen molar-refractivity contribution in [1.82, 2.24) is 0 Å². The maximum Gasteiger partial charge on any atom is 0.118 e. The highest BCUT2D eigenvalue weighted by molar-refractivity contribution is 5.77. The number of methoxy groups -OCH3 is 1. The Morgan fingerprint density at radius 3 is 1.33 bits per heavy atom. The highest BCUT2D eigenvalue weighted by Gasteiger charge is 2.12. The third-order valence-corrected chi connectivity index (χ3v) is 5.06. The van der Waals surface area contributed by atoms with E-state index >= 15 is 0 Å². The Morgan fingerprint density at radius 2 is 0.933 bits per heavy atom. The van der Waals surface area contributed by atoms with Gasteiger partial charge in [0, 0.05) is 28.4 Å². The van der Waals surface area contributed by atoms with Crippen molar-refractivity contribution in [3.05, 3.63) is 108 Å². The van der Waals surface area contributed by atoms with Crippen molar-refractivity contribution in [1.29, 1.82) is 0 Å². The summed E-state index contributed by atoms with van der Waals surface area (Å²) in [6.45, 7) is 0. The van der Waals surface area contributed by atoms with E-state index in [2.05, 4.69) is 41.3 Å². The molecule has 0 saturated heterocycles. The van der Waals surface area contributed by atoms with Gasteiger partial charge in [0.15, 0.2) is 0 Å². The Kier molecular flexibility index (Phi) is 5.57. The van der Waals surface area contributed by atoms with E-state index in [1.54, 1.807) is 7.11 Å². The highest BCUT2D eigenvalue weighted by atomic mass is 16.5. The molecule has 4 rings (SSSR count). The maximum atomic E-state index is 5.89. The zero-order chi connectivity index (χ0) is 20.9. The Bertz CT molecular complexity index is 1040. The molecule has 4 nitrogen and oxygen atoms in total. The average molecular weight is 396 g/mol. The molecule has 0 aliphatic heterocycles. The fourth-order valence-corrected chi connectivity index (χ4v) is 3.44. The summed E-state index contributed by atoms with van der Waals surface area (Å²) in [5.74, 6) is 0.872. The smallest absolute Gasteiger partial charge is 0.118 e. The third kappa shape index (κ3) is 4.39. The van der Waals surface area contributed by atoms with Gasteiger partial charge in [-0.15, -0.1) is 0 Å². The van der Waals surface area contributed by atoms with Crippen molar-refractivity contribution in [2.75, 3.05) is 23.5 Å². The highest BCUT2D eigenvalue weighted by Crippen LogP contribution is 2.35. The van der Waals surface area contributed by atoms with Crippen molar-refractivity contribution >= 4 is 28.4 Å². The predicted molar refractivity (Wildman–Crippen MR) is 126 cm³/mol. The number of anilines is 5. The Labute approximate surface area is 177 Å². The molecule has 4 aromatic rings. The van der Waals surface area contributed by atoms with Gasteiger partial charge in [-0.25, -0.2) is 0 Å². The number of ether oxygens (including phenoxy) is 1. The summed E-state index contributed by atoms with van der Waals surface area (Å²) in [5.41, 5.74) is 18.9. The normalized spacial score (nSPS) is 10.6.